The molecule has 0 bridgehead atoms. The number of carbonyl (C=O) groups excluding carboxylic acids is 1. The molecule has 8 heteroatoms. The Kier molecular flexibility index (Phi) is 6.14. The molecular formula is C24H26N4O3S. The van der Waals surface area contributed by atoms with Gasteiger partial charge in [-0.3, -0.25) is 14.2 Å². The van der Waals surface area contributed by atoms with Crippen molar-refractivity contribution in [1.29, 1.82) is 0 Å². The molecular weight excluding hydrogens is 424 g/mol. The highest BCUT2D eigenvalue weighted by molar-refractivity contribution is 7.71. The van der Waals surface area contributed by atoms with Crippen LogP contribution in [0.1, 0.15) is 30.4 Å². The van der Waals surface area contributed by atoms with Gasteiger partial charge in [-0.25, -0.2) is 0 Å². The Morgan fingerprint density at radius 1 is 1.06 bits per heavy atom. The predicted octanol–water partition coefficient (Wildman–Crippen LogP) is 4.97. The molecule has 0 fully saturated rings. The molecule has 4 rings (SSSR count). The number of hydrogen-bond donors (Lipinski definition) is 3. The average molecular weight is 451 g/mol. The molecule has 2 aromatic carbocycles. The first-order valence-corrected chi connectivity index (χ1v) is 11.0. The number of benzene rings is 2. The molecule has 4 aromatic rings. The van der Waals surface area contributed by atoms with Crippen LogP contribution in [0.25, 0.3) is 21.9 Å². The van der Waals surface area contributed by atoms with Gasteiger partial charge < -0.3 is 20.0 Å². The molecule has 7 nitrogen and oxygen atoms in total. The number of aromatic nitrogens is 3. The number of hydrogen-bond acceptors (Lipinski definition) is 4. The third kappa shape index (κ3) is 4.45. The second-order valence-corrected chi connectivity index (χ2v) is 8.44. The monoisotopic (exact) mass is 450 g/mol. The predicted molar refractivity (Wildman–Crippen MR) is 130 cm³/mol. The fourth-order valence-corrected chi connectivity index (χ4v) is 4.30. The van der Waals surface area contributed by atoms with E-state index >= 15 is 0 Å². The zero-order chi connectivity index (χ0) is 22.8. The number of nitrogens with one attached hydrogen (secondary N) is 3. The number of aromatic amines is 2. The maximum atomic E-state index is 13.0. The van der Waals surface area contributed by atoms with Gasteiger partial charge in [-0.2, -0.15) is 0 Å². The molecule has 0 spiro atoms. The normalized spacial score (nSPS) is 11.2. The summed E-state index contributed by atoms with van der Waals surface area (Å²) < 4.78 is 7.20. The molecule has 0 radical (unpaired) electrons. The Balaban J connectivity index is 1.44. The average Bonchev–Trinajstić information content (AvgIpc) is 3.10. The second kappa shape index (κ2) is 9.00. The summed E-state index contributed by atoms with van der Waals surface area (Å²) in [4.78, 5) is 31.7. The first-order chi connectivity index (χ1) is 15.4. The van der Waals surface area contributed by atoms with Gasteiger partial charge in [0, 0.05) is 29.6 Å². The summed E-state index contributed by atoms with van der Waals surface area (Å²) in [5.41, 5.74) is 4.86. The van der Waals surface area contributed by atoms with Crippen molar-refractivity contribution < 1.29 is 9.53 Å². The van der Waals surface area contributed by atoms with Crippen LogP contribution in [0, 0.1) is 18.6 Å². The Bertz CT molecular complexity index is 1410. The molecule has 0 saturated carbocycles. The fourth-order valence-electron chi connectivity index (χ4n) is 4.02. The molecule has 0 aliphatic carbocycles. The van der Waals surface area contributed by atoms with E-state index in [2.05, 4.69) is 21.4 Å². The van der Waals surface area contributed by atoms with Crippen molar-refractivity contribution in [2.24, 2.45) is 0 Å². The van der Waals surface area contributed by atoms with E-state index in [4.69, 9.17) is 17.0 Å². The molecule has 1 amide bonds. The summed E-state index contributed by atoms with van der Waals surface area (Å²) in [6, 6.07) is 11.6. The van der Waals surface area contributed by atoms with E-state index < -0.39 is 0 Å². The summed E-state index contributed by atoms with van der Waals surface area (Å²) in [5.74, 6) is 0.675. The highest BCUT2D eigenvalue weighted by Gasteiger charge is 2.12. The van der Waals surface area contributed by atoms with Gasteiger partial charge in [-0.05, 0) is 80.4 Å². The number of carbonyl (C=O) groups is 1. The van der Waals surface area contributed by atoms with E-state index in [9.17, 15) is 9.59 Å². The summed E-state index contributed by atoms with van der Waals surface area (Å²) >= 11 is 5.45. The maximum absolute atomic E-state index is 13.0. The van der Waals surface area contributed by atoms with Gasteiger partial charge >= 0.3 is 0 Å². The van der Waals surface area contributed by atoms with Gasteiger partial charge in [0.05, 0.1) is 12.6 Å². The second-order valence-electron chi connectivity index (χ2n) is 8.06. The Morgan fingerprint density at radius 2 is 1.81 bits per heavy atom. The van der Waals surface area contributed by atoms with E-state index in [-0.39, 0.29) is 11.5 Å². The van der Waals surface area contributed by atoms with E-state index in [0.29, 0.717) is 47.4 Å². The molecule has 0 aliphatic heterocycles. The van der Waals surface area contributed by atoms with Crippen LogP contribution in [0.15, 0.2) is 41.2 Å². The standard InChI is InChI=1S/C24H26N4O3S/c1-14-10-15(2)12-16(11-14)25-20(29)6-4-5-9-28-23(30)22-21(27-24(28)32)18-13-17(31-3)7-8-19(18)26-22/h7-8,10-13,26H,4-6,9H2,1-3H3,(H,25,29)(H,27,32). The number of unbranched alkanes of at least 4 members (excludes halogenated alkanes) is 1. The number of ether oxygens (including phenoxy) is 1. The quantitative estimate of drug-likeness (QED) is 0.274. The molecule has 0 aliphatic rings. The van der Waals surface area contributed by atoms with Crippen LogP contribution in [0.2, 0.25) is 0 Å². The number of rotatable bonds is 7. The summed E-state index contributed by atoms with van der Waals surface area (Å²) in [6.07, 6.45) is 1.70. The SMILES string of the molecule is COc1ccc2[nH]c3c(=O)n(CCCCC(=O)Nc4cc(C)cc(C)c4)c(=S)[nH]c3c2c1. The Morgan fingerprint density at radius 3 is 2.53 bits per heavy atom. The third-order valence-electron chi connectivity index (χ3n) is 5.48. The minimum absolute atomic E-state index is 0.0347. The summed E-state index contributed by atoms with van der Waals surface area (Å²) in [7, 11) is 1.60. The number of fused-ring (bicyclic) bond motifs is 3. The zero-order valence-electron chi connectivity index (χ0n) is 18.4. The summed E-state index contributed by atoms with van der Waals surface area (Å²) in [6.45, 7) is 4.45. The smallest absolute Gasteiger partial charge is 0.278 e. The van der Waals surface area contributed by atoms with Crippen LogP contribution in [0.5, 0.6) is 5.75 Å². The van der Waals surface area contributed by atoms with E-state index in [0.717, 1.165) is 27.7 Å². The molecule has 0 saturated heterocycles. The van der Waals surface area contributed by atoms with Crippen LogP contribution < -0.4 is 15.6 Å². The van der Waals surface area contributed by atoms with Gasteiger partial charge in [-0.15, -0.1) is 0 Å². The van der Waals surface area contributed by atoms with Crippen LogP contribution in [-0.4, -0.2) is 27.6 Å². The van der Waals surface area contributed by atoms with Gasteiger partial charge in [-0.1, -0.05) is 6.07 Å². The molecule has 2 aromatic heterocycles. The van der Waals surface area contributed by atoms with E-state index in [1.165, 1.54) is 0 Å². The van der Waals surface area contributed by atoms with Crippen LogP contribution >= 0.6 is 12.2 Å². The first kappa shape index (κ1) is 21.8. The van der Waals surface area contributed by atoms with E-state index in [1.807, 2.05) is 44.2 Å². The van der Waals surface area contributed by atoms with Gasteiger partial charge in [0.2, 0.25) is 5.91 Å². The maximum Gasteiger partial charge on any atom is 0.278 e. The number of nitrogens with zero attached hydrogens (tertiary/aromatic N) is 1. The molecule has 166 valence electrons. The fraction of sp³-hybridized carbons (Fsp3) is 0.292. The van der Waals surface area contributed by atoms with Gasteiger partial charge in [0.15, 0.2) is 4.77 Å². The molecule has 0 atom stereocenters. The number of anilines is 1. The lowest BCUT2D eigenvalue weighted by molar-refractivity contribution is -0.116. The first-order valence-electron chi connectivity index (χ1n) is 10.6. The largest absolute Gasteiger partial charge is 0.497 e. The van der Waals surface area contributed by atoms with Gasteiger partial charge in [0.25, 0.3) is 5.56 Å². The molecule has 32 heavy (non-hydrogen) atoms. The number of methoxy groups -OCH3 is 1. The highest BCUT2D eigenvalue weighted by Crippen LogP contribution is 2.26. The zero-order valence-corrected chi connectivity index (χ0v) is 19.2. The molecule has 3 N–H and O–H groups in total. The van der Waals surface area contributed by atoms with Crippen molar-refractivity contribution in [3.05, 3.63) is 62.6 Å². The number of H-pyrrole nitrogens is 2. The van der Waals surface area contributed by atoms with Crippen molar-refractivity contribution in [3.8, 4) is 5.75 Å². The Labute approximate surface area is 190 Å². The minimum atomic E-state index is -0.168. The lowest BCUT2D eigenvalue weighted by Crippen LogP contribution is -2.22. The van der Waals surface area contributed by atoms with Crippen molar-refractivity contribution in [2.75, 3.05) is 12.4 Å². The molecule has 2 heterocycles. The van der Waals surface area contributed by atoms with Crippen LogP contribution in [0.3, 0.4) is 0 Å². The van der Waals surface area contributed by atoms with Crippen molar-refractivity contribution in [2.45, 2.75) is 39.7 Å². The highest BCUT2D eigenvalue weighted by atomic mass is 32.1. The number of amides is 1. The third-order valence-corrected chi connectivity index (χ3v) is 5.81. The van der Waals surface area contributed by atoms with Crippen LogP contribution in [-0.2, 0) is 11.3 Å². The van der Waals surface area contributed by atoms with Crippen molar-refractivity contribution in [3.63, 3.8) is 0 Å². The van der Waals surface area contributed by atoms with Crippen molar-refractivity contribution >= 4 is 45.7 Å². The van der Waals surface area contributed by atoms with Gasteiger partial charge in [0.1, 0.15) is 11.3 Å². The van der Waals surface area contributed by atoms with Crippen LogP contribution in [0.4, 0.5) is 5.69 Å². The number of aryl methyl sites for hydroxylation is 2. The summed E-state index contributed by atoms with van der Waals surface area (Å²) in [5, 5.41) is 3.80. The minimum Gasteiger partial charge on any atom is -0.497 e. The Hall–Kier alpha value is -3.39. The lowest BCUT2D eigenvalue weighted by atomic mass is 10.1. The topological polar surface area (TPSA) is 91.9 Å². The molecule has 0 unspecified atom stereocenters. The van der Waals surface area contributed by atoms with E-state index in [1.54, 1.807) is 11.7 Å². The lowest BCUT2D eigenvalue weighted by Gasteiger charge is -2.09. The van der Waals surface area contributed by atoms with Crippen molar-refractivity contribution in [1.82, 2.24) is 14.5 Å².